The predicted molar refractivity (Wildman–Crippen MR) is 106 cm³/mol. The molecule has 2 heterocycles. The van der Waals surface area contributed by atoms with E-state index in [9.17, 15) is 4.39 Å². The highest BCUT2D eigenvalue weighted by Crippen LogP contribution is 2.24. The zero-order valence-corrected chi connectivity index (χ0v) is 15.5. The van der Waals surface area contributed by atoms with Crippen LogP contribution in [0.1, 0.15) is 12.7 Å². The highest BCUT2D eigenvalue weighted by molar-refractivity contribution is 5.78. The largest absolute Gasteiger partial charge is 0.378 e. The molecule has 136 valence electrons. The van der Waals surface area contributed by atoms with Gasteiger partial charge in [0.25, 0.3) is 0 Å². The summed E-state index contributed by atoms with van der Waals surface area (Å²) in [5, 5.41) is 0. The lowest BCUT2D eigenvalue weighted by atomic mass is 10.2. The third-order valence-corrected chi connectivity index (χ3v) is 4.51. The fraction of sp³-hybridized carbons (Fsp3) is 0.190. The van der Waals surface area contributed by atoms with Gasteiger partial charge in [-0.1, -0.05) is 6.92 Å². The van der Waals surface area contributed by atoms with E-state index in [2.05, 4.69) is 9.97 Å². The van der Waals surface area contributed by atoms with Gasteiger partial charge in [-0.3, -0.25) is 4.57 Å². The molecule has 0 fully saturated rings. The first-order valence-electron chi connectivity index (χ1n) is 8.85. The maximum absolute atomic E-state index is 13.8. The number of halogens is 1. The van der Waals surface area contributed by atoms with Gasteiger partial charge in [0, 0.05) is 44.0 Å². The van der Waals surface area contributed by atoms with Crippen LogP contribution >= 0.6 is 0 Å². The number of fused-ring (bicyclic) bond motifs is 1. The molecule has 0 radical (unpaired) electrons. The van der Waals surface area contributed by atoms with E-state index in [1.54, 1.807) is 12.3 Å². The van der Waals surface area contributed by atoms with Crippen molar-refractivity contribution in [3.8, 4) is 17.2 Å². The average Bonchev–Trinajstić information content (AvgIpc) is 3.06. The van der Waals surface area contributed by atoms with Crippen LogP contribution < -0.4 is 4.90 Å². The molecule has 5 nitrogen and oxygen atoms in total. The van der Waals surface area contributed by atoms with Crippen LogP contribution in [0.25, 0.3) is 28.2 Å². The molecule has 2 aromatic heterocycles. The van der Waals surface area contributed by atoms with Crippen molar-refractivity contribution in [2.75, 3.05) is 19.0 Å². The molecule has 0 atom stereocenters. The first kappa shape index (κ1) is 17.1. The van der Waals surface area contributed by atoms with E-state index in [-0.39, 0.29) is 5.82 Å². The third kappa shape index (κ3) is 3.14. The molecule has 0 aliphatic heterocycles. The minimum atomic E-state index is -0.292. The number of hydrogen-bond donors (Lipinski definition) is 0. The van der Waals surface area contributed by atoms with Gasteiger partial charge in [0.1, 0.15) is 17.5 Å². The highest BCUT2D eigenvalue weighted by atomic mass is 19.1. The van der Waals surface area contributed by atoms with Gasteiger partial charge in [-0.05, 0) is 42.5 Å². The molecule has 6 heteroatoms. The summed E-state index contributed by atoms with van der Waals surface area (Å²) in [7, 11) is 4.00. The van der Waals surface area contributed by atoms with Crippen LogP contribution in [0.4, 0.5) is 10.1 Å². The number of hydrogen-bond acceptors (Lipinski definition) is 4. The topological polar surface area (TPSA) is 46.8 Å². The summed E-state index contributed by atoms with van der Waals surface area (Å²) in [6.45, 7) is 2.02. The van der Waals surface area contributed by atoms with Gasteiger partial charge >= 0.3 is 0 Å². The van der Waals surface area contributed by atoms with Crippen LogP contribution in [0.15, 0.2) is 54.7 Å². The Kier molecular flexibility index (Phi) is 4.32. The summed E-state index contributed by atoms with van der Waals surface area (Å²) in [6.07, 6.45) is 2.44. The number of benzene rings is 2. The molecule has 0 N–H and O–H groups in total. The second-order valence-electron chi connectivity index (χ2n) is 6.53. The minimum Gasteiger partial charge on any atom is -0.378 e. The number of imidazole rings is 1. The molecular formula is C21H20FN5. The first-order valence-corrected chi connectivity index (χ1v) is 8.85. The summed E-state index contributed by atoms with van der Waals surface area (Å²) in [4.78, 5) is 15.8. The number of anilines is 1. The second kappa shape index (κ2) is 6.79. The molecule has 0 amide bonds. The average molecular weight is 361 g/mol. The zero-order chi connectivity index (χ0) is 19.0. The van der Waals surface area contributed by atoms with E-state index in [1.165, 1.54) is 12.1 Å². The molecular weight excluding hydrogens is 341 g/mol. The lowest BCUT2D eigenvalue weighted by Crippen LogP contribution is -2.08. The first-order chi connectivity index (χ1) is 13.1. The van der Waals surface area contributed by atoms with Crippen LogP contribution in [-0.2, 0) is 6.42 Å². The van der Waals surface area contributed by atoms with Crippen molar-refractivity contribution in [3.63, 3.8) is 0 Å². The standard InChI is InChI=1S/C21H20FN5/c1-4-19-24-17-10-7-15(22)13-18(17)27(19)20-11-12-23-21(25-20)14-5-8-16(9-6-14)26(2)3/h5-13H,4H2,1-3H3. The van der Waals surface area contributed by atoms with Crippen molar-refractivity contribution in [3.05, 3.63) is 66.4 Å². The van der Waals surface area contributed by atoms with Crippen LogP contribution in [0.2, 0.25) is 0 Å². The number of aryl methyl sites for hydroxylation is 1. The number of nitrogens with zero attached hydrogens (tertiary/aromatic N) is 5. The lowest BCUT2D eigenvalue weighted by Gasteiger charge is -2.13. The van der Waals surface area contributed by atoms with Gasteiger partial charge in [-0.2, -0.15) is 0 Å². The fourth-order valence-corrected chi connectivity index (χ4v) is 3.11. The Labute approximate surface area is 157 Å². The van der Waals surface area contributed by atoms with Crippen LogP contribution in [-0.4, -0.2) is 33.6 Å². The summed E-state index contributed by atoms with van der Waals surface area (Å²) < 4.78 is 15.7. The minimum absolute atomic E-state index is 0.292. The Hall–Kier alpha value is -3.28. The van der Waals surface area contributed by atoms with E-state index in [4.69, 9.17) is 4.98 Å². The lowest BCUT2D eigenvalue weighted by molar-refractivity contribution is 0.629. The number of aromatic nitrogens is 4. The molecule has 0 aliphatic carbocycles. The highest BCUT2D eigenvalue weighted by Gasteiger charge is 2.14. The van der Waals surface area contributed by atoms with Crippen LogP contribution in [0.3, 0.4) is 0 Å². The molecule has 0 unspecified atom stereocenters. The smallest absolute Gasteiger partial charge is 0.161 e. The molecule has 0 saturated heterocycles. The van der Waals surface area contributed by atoms with Crippen LogP contribution in [0.5, 0.6) is 0 Å². The van der Waals surface area contributed by atoms with Gasteiger partial charge in [0.15, 0.2) is 5.82 Å². The van der Waals surface area contributed by atoms with E-state index in [0.717, 1.165) is 22.6 Å². The molecule has 2 aromatic carbocycles. The summed E-state index contributed by atoms with van der Waals surface area (Å²) in [5.74, 6) is 1.85. The molecule has 0 spiro atoms. The maximum atomic E-state index is 13.8. The van der Waals surface area contributed by atoms with Gasteiger partial charge in [0.2, 0.25) is 0 Å². The predicted octanol–water partition coefficient (Wildman–Crippen LogP) is 4.25. The van der Waals surface area contributed by atoms with Crippen molar-refractivity contribution in [2.24, 2.45) is 0 Å². The van der Waals surface area contributed by atoms with Gasteiger partial charge in [-0.25, -0.2) is 19.3 Å². The Bertz CT molecular complexity index is 1100. The van der Waals surface area contributed by atoms with Gasteiger partial charge in [-0.15, -0.1) is 0 Å². The summed E-state index contributed by atoms with van der Waals surface area (Å²) in [6, 6.07) is 14.5. The van der Waals surface area contributed by atoms with Gasteiger partial charge < -0.3 is 4.90 Å². The fourth-order valence-electron chi connectivity index (χ4n) is 3.11. The zero-order valence-electron chi connectivity index (χ0n) is 15.5. The molecule has 4 rings (SSSR count). The molecule has 0 bridgehead atoms. The third-order valence-electron chi connectivity index (χ3n) is 4.51. The van der Waals surface area contributed by atoms with Crippen molar-refractivity contribution >= 4 is 16.7 Å². The van der Waals surface area contributed by atoms with E-state index < -0.39 is 0 Å². The second-order valence-corrected chi connectivity index (χ2v) is 6.53. The quantitative estimate of drug-likeness (QED) is 0.545. The SMILES string of the molecule is CCc1nc2ccc(F)cc2n1-c1ccnc(-c2ccc(N(C)C)cc2)n1. The normalized spacial score (nSPS) is 11.1. The Morgan fingerprint density at radius 1 is 1.00 bits per heavy atom. The monoisotopic (exact) mass is 361 g/mol. The van der Waals surface area contributed by atoms with E-state index in [0.29, 0.717) is 23.6 Å². The molecule has 0 saturated carbocycles. The van der Waals surface area contributed by atoms with Crippen molar-refractivity contribution in [2.45, 2.75) is 13.3 Å². The molecule has 4 aromatic rings. The molecule has 27 heavy (non-hydrogen) atoms. The van der Waals surface area contributed by atoms with E-state index in [1.807, 2.05) is 60.8 Å². The Balaban J connectivity index is 1.83. The molecule has 0 aliphatic rings. The number of rotatable bonds is 4. The Morgan fingerprint density at radius 3 is 2.48 bits per heavy atom. The maximum Gasteiger partial charge on any atom is 0.161 e. The van der Waals surface area contributed by atoms with Crippen LogP contribution in [0, 0.1) is 5.82 Å². The van der Waals surface area contributed by atoms with Crippen molar-refractivity contribution in [1.82, 2.24) is 19.5 Å². The summed E-state index contributed by atoms with van der Waals surface area (Å²) >= 11 is 0. The van der Waals surface area contributed by atoms with Crippen molar-refractivity contribution < 1.29 is 4.39 Å². The summed E-state index contributed by atoms with van der Waals surface area (Å²) in [5.41, 5.74) is 3.50. The van der Waals surface area contributed by atoms with Gasteiger partial charge in [0.05, 0.1) is 11.0 Å². The van der Waals surface area contributed by atoms with E-state index >= 15 is 0 Å². The Morgan fingerprint density at radius 2 is 1.78 bits per heavy atom. The van der Waals surface area contributed by atoms with Crippen molar-refractivity contribution in [1.29, 1.82) is 0 Å².